The van der Waals surface area contributed by atoms with Crippen molar-refractivity contribution in [1.29, 1.82) is 0 Å². The van der Waals surface area contributed by atoms with E-state index < -0.39 is 0 Å². The van der Waals surface area contributed by atoms with Gasteiger partial charge in [0.2, 0.25) is 0 Å². The molecular weight excluding hydrogens is 467 g/mol. The Labute approximate surface area is 187 Å². The molecule has 0 amide bonds. The minimum Gasteiger partial charge on any atom is -0.396 e. The molecule has 0 saturated heterocycles. The first-order valence-corrected chi connectivity index (χ1v) is 10.3. The first-order chi connectivity index (χ1) is 13.0. The van der Waals surface area contributed by atoms with E-state index in [4.69, 9.17) is 4.99 Å². The van der Waals surface area contributed by atoms with Crippen molar-refractivity contribution >= 4 is 29.9 Å². The Morgan fingerprint density at radius 2 is 1.89 bits per heavy atom. The quantitative estimate of drug-likeness (QED) is 0.176. The number of guanidine groups is 1. The van der Waals surface area contributed by atoms with Crippen molar-refractivity contribution in [3.63, 3.8) is 0 Å². The van der Waals surface area contributed by atoms with Gasteiger partial charge in [0.25, 0.3) is 5.56 Å². The predicted molar refractivity (Wildman–Crippen MR) is 129 cm³/mol. The third-order valence-electron chi connectivity index (χ3n) is 5.43. The van der Waals surface area contributed by atoms with E-state index in [1.54, 1.807) is 12.1 Å². The zero-order valence-corrected chi connectivity index (χ0v) is 20.3. The SMILES string of the molecule is CCNC(=NCC(CC)(CC)CCO)NCCCCn1c(C)cccc1=O.I. The summed E-state index contributed by atoms with van der Waals surface area (Å²) in [5.74, 6) is 0.828. The van der Waals surface area contributed by atoms with Crippen molar-refractivity contribution in [3.05, 3.63) is 34.2 Å². The number of nitrogens with one attached hydrogen (secondary N) is 2. The number of hydrogen-bond donors (Lipinski definition) is 3. The molecule has 0 aliphatic carbocycles. The summed E-state index contributed by atoms with van der Waals surface area (Å²) in [5.41, 5.74) is 1.14. The maximum Gasteiger partial charge on any atom is 0.250 e. The van der Waals surface area contributed by atoms with E-state index in [1.807, 2.05) is 17.6 Å². The van der Waals surface area contributed by atoms with Crippen LogP contribution in [0, 0.1) is 12.3 Å². The minimum atomic E-state index is 0. The fourth-order valence-corrected chi connectivity index (χ4v) is 3.24. The van der Waals surface area contributed by atoms with Crippen molar-refractivity contribution in [2.45, 2.75) is 66.3 Å². The summed E-state index contributed by atoms with van der Waals surface area (Å²) in [6.45, 7) is 11.7. The summed E-state index contributed by atoms with van der Waals surface area (Å²) in [6.07, 6.45) is 4.72. The zero-order chi connectivity index (χ0) is 20.1. The van der Waals surface area contributed by atoms with Crippen LogP contribution in [-0.4, -0.2) is 41.9 Å². The molecule has 0 radical (unpaired) electrons. The lowest BCUT2D eigenvalue weighted by Gasteiger charge is -2.29. The van der Waals surface area contributed by atoms with Crippen LogP contribution in [0.4, 0.5) is 0 Å². The monoisotopic (exact) mass is 506 g/mol. The van der Waals surface area contributed by atoms with Crippen molar-refractivity contribution < 1.29 is 5.11 Å². The van der Waals surface area contributed by atoms with Crippen LogP contribution in [-0.2, 0) is 6.54 Å². The molecule has 3 N–H and O–H groups in total. The number of pyridine rings is 1. The third kappa shape index (κ3) is 8.94. The van der Waals surface area contributed by atoms with Crippen LogP contribution >= 0.6 is 24.0 Å². The predicted octanol–water partition coefficient (Wildman–Crippen LogP) is 3.30. The highest BCUT2D eigenvalue weighted by Crippen LogP contribution is 2.30. The number of unbranched alkanes of at least 4 members (excludes halogenated alkanes) is 1. The molecule has 1 rings (SSSR count). The van der Waals surface area contributed by atoms with Gasteiger partial charge in [0, 0.05) is 44.5 Å². The van der Waals surface area contributed by atoms with E-state index in [2.05, 4.69) is 31.4 Å². The molecule has 0 aromatic carbocycles. The molecule has 0 aliphatic heterocycles. The highest BCUT2D eigenvalue weighted by Gasteiger charge is 2.25. The van der Waals surface area contributed by atoms with E-state index in [9.17, 15) is 9.90 Å². The van der Waals surface area contributed by atoms with Gasteiger partial charge in [-0.25, -0.2) is 0 Å². The standard InChI is InChI=1S/C21H38N4O2.HI/c1-5-21(6-2,13-16-26)17-24-20(22-7-3)23-14-8-9-15-25-18(4)11-10-12-19(25)27;/h10-12,26H,5-9,13-17H2,1-4H3,(H2,22,23,24);1H. The molecule has 0 aliphatic rings. The van der Waals surface area contributed by atoms with E-state index in [0.29, 0.717) is 6.54 Å². The Hall–Kier alpha value is -1.09. The number of aliphatic hydroxyl groups is 1. The molecule has 0 saturated carbocycles. The number of aliphatic hydroxyl groups excluding tert-OH is 1. The summed E-state index contributed by atoms with van der Waals surface area (Å²) in [6, 6.07) is 5.38. The summed E-state index contributed by atoms with van der Waals surface area (Å²) in [4.78, 5) is 16.6. The molecule has 0 unspecified atom stereocenters. The lowest BCUT2D eigenvalue weighted by molar-refractivity contribution is 0.175. The molecular formula is C21H39IN4O2. The van der Waals surface area contributed by atoms with Gasteiger partial charge in [0.1, 0.15) is 0 Å². The third-order valence-corrected chi connectivity index (χ3v) is 5.43. The van der Waals surface area contributed by atoms with Crippen LogP contribution in [0.25, 0.3) is 0 Å². The Balaban J connectivity index is 0.00000729. The molecule has 6 nitrogen and oxygen atoms in total. The van der Waals surface area contributed by atoms with Gasteiger partial charge in [-0.2, -0.15) is 0 Å². The first-order valence-electron chi connectivity index (χ1n) is 10.3. The molecule has 0 bridgehead atoms. The fraction of sp³-hybridized carbons (Fsp3) is 0.714. The Kier molecular flexibility index (Phi) is 14.3. The molecule has 28 heavy (non-hydrogen) atoms. The number of rotatable bonds is 12. The summed E-state index contributed by atoms with van der Waals surface area (Å²) >= 11 is 0. The number of aliphatic imine (C=N–C) groups is 1. The van der Waals surface area contributed by atoms with Gasteiger partial charge in [-0.15, -0.1) is 24.0 Å². The van der Waals surface area contributed by atoms with Crippen molar-refractivity contribution in [1.82, 2.24) is 15.2 Å². The van der Waals surface area contributed by atoms with E-state index in [0.717, 1.165) is 63.4 Å². The second-order valence-electron chi connectivity index (χ2n) is 7.17. The summed E-state index contributed by atoms with van der Waals surface area (Å²) in [7, 11) is 0. The molecule has 7 heteroatoms. The van der Waals surface area contributed by atoms with Crippen molar-refractivity contribution in [2.24, 2.45) is 10.4 Å². The van der Waals surface area contributed by atoms with E-state index in [1.165, 1.54) is 0 Å². The molecule has 1 aromatic rings. The van der Waals surface area contributed by atoms with Crippen molar-refractivity contribution in [3.8, 4) is 0 Å². The summed E-state index contributed by atoms with van der Waals surface area (Å²) < 4.78 is 1.82. The van der Waals surface area contributed by atoms with Crippen LogP contribution < -0.4 is 16.2 Å². The van der Waals surface area contributed by atoms with Gasteiger partial charge in [-0.3, -0.25) is 9.79 Å². The average Bonchev–Trinajstić information content (AvgIpc) is 2.66. The van der Waals surface area contributed by atoms with E-state index >= 15 is 0 Å². The number of nitrogens with zero attached hydrogens (tertiary/aromatic N) is 2. The molecule has 1 heterocycles. The maximum absolute atomic E-state index is 11.9. The Morgan fingerprint density at radius 1 is 1.18 bits per heavy atom. The lowest BCUT2D eigenvalue weighted by atomic mass is 9.79. The lowest BCUT2D eigenvalue weighted by Crippen LogP contribution is -2.39. The zero-order valence-electron chi connectivity index (χ0n) is 18.0. The normalized spacial score (nSPS) is 11.8. The fourth-order valence-electron chi connectivity index (χ4n) is 3.24. The highest BCUT2D eigenvalue weighted by molar-refractivity contribution is 14.0. The number of aromatic nitrogens is 1. The van der Waals surface area contributed by atoms with Crippen molar-refractivity contribution in [2.75, 3.05) is 26.2 Å². The van der Waals surface area contributed by atoms with Gasteiger partial charge in [-0.05, 0) is 57.4 Å². The maximum atomic E-state index is 11.9. The van der Waals surface area contributed by atoms with Gasteiger partial charge in [0.15, 0.2) is 5.96 Å². The first kappa shape index (κ1) is 26.9. The number of aryl methyl sites for hydroxylation is 1. The minimum absolute atomic E-state index is 0. The van der Waals surface area contributed by atoms with Gasteiger partial charge in [0.05, 0.1) is 0 Å². The molecule has 0 fully saturated rings. The molecule has 1 aromatic heterocycles. The van der Waals surface area contributed by atoms with Crippen LogP contribution in [0.15, 0.2) is 28.0 Å². The largest absolute Gasteiger partial charge is 0.396 e. The van der Waals surface area contributed by atoms with Gasteiger partial charge in [-0.1, -0.05) is 19.9 Å². The molecule has 0 spiro atoms. The van der Waals surface area contributed by atoms with Gasteiger partial charge < -0.3 is 20.3 Å². The smallest absolute Gasteiger partial charge is 0.250 e. The number of hydrogen-bond acceptors (Lipinski definition) is 3. The Morgan fingerprint density at radius 3 is 2.46 bits per heavy atom. The van der Waals surface area contributed by atoms with E-state index in [-0.39, 0.29) is 41.6 Å². The van der Waals surface area contributed by atoms with Gasteiger partial charge >= 0.3 is 0 Å². The molecule has 162 valence electrons. The summed E-state index contributed by atoms with van der Waals surface area (Å²) in [5, 5.41) is 16.0. The second-order valence-corrected chi connectivity index (χ2v) is 7.17. The Bertz CT molecular complexity index is 627. The van der Waals surface area contributed by atoms with Crippen LogP contribution in [0.2, 0.25) is 0 Å². The highest BCUT2D eigenvalue weighted by atomic mass is 127. The second kappa shape index (κ2) is 14.8. The topological polar surface area (TPSA) is 78.7 Å². The van der Waals surface area contributed by atoms with Crippen LogP contribution in [0.3, 0.4) is 0 Å². The van der Waals surface area contributed by atoms with Crippen LogP contribution in [0.1, 0.15) is 58.6 Å². The van der Waals surface area contributed by atoms with Crippen LogP contribution in [0.5, 0.6) is 0 Å². The molecule has 0 atom stereocenters. The average molecular weight is 506 g/mol. The number of halogens is 1.